The summed E-state index contributed by atoms with van der Waals surface area (Å²) in [6.07, 6.45) is 0.0712. The molecule has 2 N–H and O–H groups in total. The lowest BCUT2D eigenvalue weighted by atomic mass is 10.1. The van der Waals surface area contributed by atoms with E-state index in [1.807, 2.05) is 30.3 Å². The maximum absolute atomic E-state index is 12.4. The third-order valence-electron chi connectivity index (χ3n) is 4.70. The second kappa shape index (κ2) is 10.8. The Kier molecular flexibility index (Phi) is 7.65. The monoisotopic (exact) mass is 418 g/mol. The molecule has 6 heteroatoms. The van der Waals surface area contributed by atoms with Gasteiger partial charge in [0.25, 0.3) is 11.8 Å². The minimum atomic E-state index is -0.701. The van der Waals surface area contributed by atoms with Gasteiger partial charge in [-0.05, 0) is 67.4 Å². The molecule has 0 fully saturated rings. The van der Waals surface area contributed by atoms with Crippen LogP contribution in [-0.4, -0.2) is 31.6 Å². The summed E-state index contributed by atoms with van der Waals surface area (Å²) in [5.41, 5.74) is 2.37. The zero-order valence-electron chi connectivity index (χ0n) is 17.6. The SMILES string of the molecule is COc1ccc(NC(=O)[C@@H](C)Oc2ccc(C(=O)NCCc3ccccc3)cc2)cc1. The number of nitrogens with one attached hydrogen (secondary N) is 2. The molecule has 0 aliphatic heterocycles. The van der Waals surface area contributed by atoms with E-state index < -0.39 is 6.10 Å². The summed E-state index contributed by atoms with van der Waals surface area (Å²) in [5.74, 6) is 0.811. The third-order valence-corrected chi connectivity index (χ3v) is 4.70. The van der Waals surface area contributed by atoms with Crippen LogP contribution in [0.4, 0.5) is 5.69 Å². The van der Waals surface area contributed by atoms with E-state index in [4.69, 9.17) is 9.47 Å². The van der Waals surface area contributed by atoms with E-state index in [0.717, 1.165) is 6.42 Å². The van der Waals surface area contributed by atoms with Gasteiger partial charge in [0, 0.05) is 17.8 Å². The number of ether oxygens (including phenoxy) is 2. The number of carbonyl (C=O) groups excluding carboxylic acids is 2. The van der Waals surface area contributed by atoms with Crippen LogP contribution in [0.3, 0.4) is 0 Å². The van der Waals surface area contributed by atoms with Gasteiger partial charge in [-0.15, -0.1) is 0 Å². The van der Waals surface area contributed by atoms with Crippen LogP contribution in [0.15, 0.2) is 78.9 Å². The summed E-state index contributed by atoms with van der Waals surface area (Å²) < 4.78 is 10.8. The molecule has 6 nitrogen and oxygen atoms in total. The van der Waals surface area contributed by atoms with Crippen LogP contribution < -0.4 is 20.1 Å². The van der Waals surface area contributed by atoms with Gasteiger partial charge in [-0.1, -0.05) is 30.3 Å². The van der Waals surface area contributed by atoms with Crippen LogP contribution in [0, 0.1) is 0 Å². The molecular weight excluding hydrogens is 392 g/mol. The standard InChI is InChI=1S/C25H26N2O4/c1-18(24(28)27-21-10-14-22(30-2)15-11-21)31-23-12-8-20(9-13-23)25(29)26-17-16-19-6-4-3-5-7-19/h3-15,18H,16-17H2,1-2H3,(H,26,29)(H,27,28)/t18-/m1/s1. The molecule has 3 aromatic carbocycles. The number of rotatable bonds is 9. The van der Waals surface area contributed by atoms with Crippen molar-refractivity contribution < 1.29 is 19.1 Å². The average Bonchev–Trinajstić information content (AvgIpc) is 2.80. The number of hydrogen-bond donors (Lipinski definition) is 2. The molecule has 1 atom stereocenters. The van der Waals surface area contributed by atoms with Crippen LogP contribution >= 0.6 is 0 Å². The van der Waals surface area contributed by atoms with E-state index in [-0.39, 0.29) is 11.8 Å². The largest absolute Gasteiger partial charge is 0.497 e. The highest BCUT2D eigenvalue weighted by Crippen LogP contribution is 2.17. The van der Waals surface area contributed by atoms with Gasteiger partial charge in [-0.3, -0.25) is 9.59 Å². The first-order valence-electron chi connectivity index (χ1n) is 10.1. The first kappa shape index (κ1) is 21.9. The normalized spacial score (nSPS) is 11.3. The third kappa shape index (κ3) is 6.60. The van der Waals surface area contributed by atoms with Gasteiger partial charge in [0.1, 0.15) is 11.5 Å². The Balaban J connectivity index is 1.47. The summed E-state index contributed by atoms with van der Waals surface area (Å²) >= 11 is 0. The molecular formula is C25H26N2O4. The van der Waals surface area contributed by atoms with Crippen molar-refractivity contribution in [3.63, 3.8) is 0 Å². The highest BCUT2D eigenvalue weighted by Gasteiger charge is 2.15. The zero-order chi connectivity index (χ0) is 22.1. The van der Waals surface area contributed by atoms with Gasteiger partial charge in [-0.25, -0.2) is 0 Å². The molecule has 31 heavy (non-hydrogen) atoms. The highest BCUT2D eigenvalue weighted by atomic mass is 16.5. The minimum absolute atomic E-state index is 0.146. The maximum atomic E-state index is 12.4. The summed E-state index contributed by atoms with van der Waals surface area (Å²) in [6.45, 7) is 2.23. The quantitative estimate of drug-likeness (QED) is 0.549. The lowest BCUT2D eigenvalue weighted by Crippen LogP contribution is -2.30. The van der Waals surface area contributed by atoms with Gasteiger partial charge >= 0.3 is 0 Å². The van der Waals surface area contributed by atoms with Crippen molar-refractivity contribution in [1.82, 2.24) is 5.32 Å². The van der Waals surface area contributed by atoms with Crippen molar-refractivity contribution in [3.8, 4) is 11.5 Å². The van der Waals surface area contributed by atoms with E-state index in [2.05, 4.69) is 10.6 Å². The van der Waals surface area contributed by atoms with E-state index >= 15 is 0 Å². The molecule has 0 aromatic heterocycles. The fraction of sp³-hybridized carbons (Fsp3) is 0.200. The van der Waals surface area contributed by atoms with Crippen LogP contribution in [-0.2, 0) is 11.2 Å². The molecule has 0 aliphatic rings. The van der Waals surface area contributed by atoms with Crippen LogP contribution in [0.5, 0.6) is 11.5 Å². The second-order valence-electron chi connectivity index (χ2n) is 6.99. The predicted molar refractivity (Wildman–Crippen MR) is 121 cm³/mol. The Bertz CT molecular complexity index is 986. The Hall–Kier alpha value is -3.80. The maximum Gasteiger partial charge on any atom is 0.265 e. The molecule has 3 rings (SSSR count). The average molecular weight is 418 g/mol. The topological polar surface area (TPSA) is 76.7 Å². The van der Waals surface area contributed by atoms with Crippen LogP contribution in [0.1, 0.15) is 22.8 Å². The lowest BCUT2D eigenvalue weighted by molar-refractivity contribution is -0.122. The molecule has 0 spiro atoms. The smallest absolute Gasteiger partial charge is 0.265 e. The van der Waals surface area contributed by atoms with E-state index in [0.29, 0.717) is 29.3 Å². The van der Waals surface area contributed by atoms with Crippen molar-refractivity contribution >= 4 is 17.5 Å². The van der Waals surface area contributed by atoms with Crippen molar-refractivity contribution in [3.05, 3.63) is 90.0 Å². The molecule has 0 unspecified atom stereocenters. The second-order valence-corrected chi connectivity index (χ2v) is 6.99. The van der Waals surface area contributed by atoms with Crippen LogP contribution in [0.2, 0.25) is 0 Å². The minimum Gasteiger partial charge on any atom is -0.497 e. The van der Waals surface area contributed by atoms with Crippen molar-refractivity contribution in [1.29, 1.82) is 0 Å². The van der Waals surface area contributed by atoms with Gasteiger partial charge in [0.05, 0.1) is 7.11 Å². The van der Waals surface area contributed by atoms with Gasteiger partial charge < -0.3 is 20.1 Å². The molecule has 0 radical (unpaired) electrons. The molecule has 3 aromatic rings. The number of benzene rings is 3. The molecule has 0 saturated carbocycles. The number of anilines is 1. The highest BCUT2D eigenvalue weighted by molar-refractivity contribution is 5.95. The number of amides is 2. The molecule has 0 bridgehead atoms. The van der Waals surface area contributed by atoms with Crippen molar-refractivity contribution in [2.24, 2.45) is 0 Å². The zero-order valence-corrected chi connectivity index (χ0v) is 17.6. The predicted octanol–water partition coefficient (Wildman–Crippen LogP) is 4.07. The Labute approximate surface area is 182 Å². The Morgan fingerprint density at radius 3 is 2.16 bits per heavy atom. The van der Waals surface area contributed by atoms with E-state index in [1.165, 1.54) is 5.56 Å². The molecule has 160 valence electrons. The first-order chi connectivity index (χ1) is 15.0. The fourth-order valence-corrected chi connectivity index (χ4v) is 2.93. The van der Waals surface area contributed by atoms with Crippen molar-refractivity contribution in [2.75, 3.05) is 19.0 Å². The summed E-state index contributed by atoms with van der Waals surface area (Å²) in [6, 6.07) is 23.8. The fourth-order valence-electron chi connectivity index (χ4n) is 2.93. The molecule has 0 aliphatic carbocycles. The number of carbonyl (C=O) groups is 2. The van der Waals surface area contributed by atoms with E-state index in [1.54, 1.807) is 62.6 Å². The molecule has 0 heterocycles. The van der Waals surface area contributed by atoms with Crippen molar-refractivity contribution in [2.45, 2.75) is 19.4 Å². The Morgan fingerprint density at radius 1 is 0.871 bits per heavy atom. The van der Waals surface area contributed by atoms with Crippen LogP contribution in [0.25, 0.3) is 0 Å². The summed E-state index contributed by atoms with van der Waals surface area (Å²) in [5, 5.41) is 5.70. The summed E-state index contributed by atoms with van der Waals surface area (Å²) in [4.78, 5) is 24.7. The first-order valence-corrected chi connectivity index (χ1v) is 10.1. The molecule has 2 amide bonds. The Morgan fingerprint density at radius 2 is 1.52 bits per heavy atom. The number of hydrogen-bond acceptors (Lipinski definition) is 4. The van der Waals surface area contributed by atoms with Gasteiger partial charge in [-0.2, -0.15) is 0 Å². The lowest BCUT2D eigenvalue weighted by Gasteiger charge is -2.15. The van der Waals surface area contributed by atoms with Gasteiger partial charge in [0.2, 0.25) is 0 Å². The van der Waals surface area contributed by atoms with E-state index in [9.17, 15) is 9.59 Å². The molecule has 0 saturated heterocycles. The summed E-state index contributed by atoms with van der Waals surface area (Å²) in [7, 11) is 1.59. The van der Waals surface area contributed by atoms with Gasteiger partial charge in [0.15, 0.2) is 6.10 Å². The number of methoxy groups -OCH3 is 1.